The van der Waals surface area contributed by atoms with Crippen molar-refractivity contribution in [3.63, 3.8) is 0 Å². The zero-order valence-corrected chi connectivity index (χ0v) is 19.0. The van der Waals surface area contributed by atoms with Gasteiger partial charge in [-0.25, -0.2) is 4.39 Å². The maximum Gasteiger partial charge on any atom is 0.251 e. The highest BCUT2D eigenvalue weighted by atomic mass is 32.2. The molecule has 0 fully saturated rings. The second-order valence-corrected chi connectivity index (χ2v) is 8.54. The van der Waals surface area contributed by atoms with Crippen LogP contribution in [-0.4, -0.2) is 39.4 Å². The van der Waals surface area contributed by atoms with Crippen molar-refractivity contribution >= 4 is 39.9 Å². The van der Waals surface area contributed by atoms with Gasteiger partial charge >= 0.3 is 0 Å². The number of hydrogen-bond acceptors (Lipinski definition) is 7. The van der Waals surface area contributed by atoms with E-state index < -0.39 is 11.7 Å². The lowest BCUT2D eigenvalue weighted by atomic mass is 10.2. The summed E-state index contributed by atoms with van der Waals surface area (Å²) in [5.74, 6) is -0.388. The lowest BCUT2D eigenvalue weighted by molar-refractivity contribution is -0.113. The molecule has 0 radical (unpaired) electrons. The Morgan fingerprint density at radius 1 is 1.15 bits per heavy atom. The number of amides is 2. The van der Waals surface area contributed by atoms with Crippen LogP contribution >= 0.6 is 23.1 Å². The molecule has 2 amide bonds. The van der Waals surface area contributed by atoms with Crippen LogP contribution in [0.5, 0.6) is 5.75 Å². The van der Waals surface area contributed by atoms with E-state index in [1.54, 1.807) is 65.6 Å². The number of nitrogens with one attached hydrogen (secondary N) is 1. The number of rotatable bonds is 8. The van der Waals surface area contributed by atoms with Gasteiger partial charge in [0.2, 0.25) is 5.91 Å². The lowest BCUT2D eigenvalue weighted by Gasteiger charge is -2.11. The van der Waals surface area contributed by atoms with Gasteiger partial charge in [-0.2, -0.15) is 0 Å². The van der Waals surface area contributed by atoms with Crippen molar-refractivity contribution in [2.45, 2.75) is 5.16 Å². The topological polar surface area (TPSA) is 112 Å². The first-order valence-corrected chi connectivity index (χ1v) is 11.5. The number of primary amides is 1. The molecule has 33 heavy (non-hydrogen) atoms. The Kier molecular flexibility index (Phi) is 6.71. The quantitative estimate of drug-likeness (QED) is 0.367. The summed E-state index contributed by atoms with van der Waals surface area (Å²) in [7, 11) is 1.57. The number of methoxy groups -OCH3 is 1. The van der Waals surface area contributed by atoms with E-state index in [4.69, 9.17) is 10.5 Å². The number of nitrogens with zero attached hydrogens (tertiary/aromatic N) is 3. The van der Waals surface area contributed by atoms with Crippen LogP contribution in [0.2, 0.25) is 0 Å². The van der Waals surface area contributed by atoms with Gasteiger partial charge in [-0.15, -0.1) is 21.5 Å². The zero-order chi connectivity index (χ0) is 23.4. The minimum atomic E-state index is -0.623. The number of thiophene rings is 1. The van der Waals surface area contributed by atoms with Gasteiger partial charge in [-0.05, 0) is 47.8 Å². The number of hydrogen-bond donors (Lipinski definition) is 2. The third kappa shape index (κ3) is 4.89. The van der Waals surface area contributed by atoms with Crippen molar-refractivity contribution < 1.29 is 18.7 Å². The fourth-order valence-electron chi connectivity index (χ4n) is 3.03. The Hall–Kier alpha value is -3.70. The Labute approximate surface area is 196 Å². The first-order chi connectivity index (χ1) is 16.0. The Balaban J connectivity index is 1.62. The van der Waals surface area contributed by atoms with Gasteiger partial charge in [0.25, 0.3) is 5.91 Å². The zero-order valence-electron chi connectivity index (χ0n) is 17.3. The molecule has 0 aliphatic carbocycles. The molecule has 3 N–H and O–H groups in total. The van der Waals surface area contributed by atoms with Gasteiger partial charge in [0.1, 0.15) is 16.6 Å². The fourth-order valence-corrected chi connectivity index (χ4v) is 4.59. The number of ether oxygens (including phenoxy) is 1. The summed E-state index contributed by atoms with van der Waals surface area (Å²) in [5.41, 5.74) is 6.52. The highest BCUT2D eigenvalue weighted by Crippen LogP contribution is 2.30. The number of halogens is 1. The monoisotopic (exact) mass is 483 g/mol. The molecule has 0 saturated carbocycles. The first kappa shape index (κ1) is 22.5. The van der Waals surface area contributed by atoms with Gasteiger partial charge < -0.3 is 15.8 Å². The third-order valence-corrected chi connectivity index (χ3v) is 6.35. The largest absolute Gasteiger partial charge is 0.497 e. The molecule has 0 aliphatic rings. The van der Waals surface area contributed by atoms with Gasteiger partial charge in [-0.3, -0.25) is 14.2 Å². The predicted molar refractivity (Wildman–Crippen MR) is 125 cm³/mol. The summed E-state index contributed by atoms with van der Waals surface area (Å²) in [5, 5.41) is 13.5. The summed E-state index contributed by atoms with van der Waals surface area (Å²) in [6.45, 7) is 0. The molecule has 0 spiro atoms. The van der Waals surface area contributed by atoms with Crippen molar-refractivity contribution in [1.29, 1.82) is 0 Å². The number of carbonyl (C=O) groups is 2. The smallest absolute Gasteiger partial charge is 0.251 e. The van der Waals surface area contributed by atoms with E-state index in [0.717, 1.165) is 11.8 Å². The molecular formula is C22H18FN5O3S2. The van der Waals surface area contributed by atoms with Crippen LogP contribution in [0.4, 0.5) is 9.39 Å². The number of anilines is 1. The van der Waals surface area contributed by atoms with E-state index in [1.165, 1.54) is 17.4 Å². The van der Waals surface area contributed by atoms with Crippen LogP contribution in [0.15, 0.2) is 65.1 Å². The first-order valence-electron chi connectivity index (χ1n) is 9.62. The van der Waals surface area contributed by atoms with Crippen molar-refractivity contribution in [3.05, 3.63) is 71.4 Å². The van der Waals surface area contributed by atoms with E-state index in [9.17, 15) is 14.0 Å². The van der Waals surface area contributed by atoms with E-state index in [2.05, 4.69) is 15.5 Å². The molecular weight excluding hydrogens is 465 g/mol. The molecule has 4 rings (SSSR count). The summed E-state index contributed by atoms with van der Waals surface area (Å²) < 4.78 is 21.5. The molecule has 8 nitrogen and oxygen atoms in total. The van der Waals surface area contributed by atoms with E-state index in [1.807, 2.05) is 0 Å². The number of nitrogens with two attached hydrogens (primary N) is 1. The second kappa shape index (κ2) is 9.84. The van der Waals surface area contributed by atoms with E-state index >= 15 is 0 Å². The van der Waals surface area contributed by atoms with Crippen molar-refractivity contribution in [3.8, 4) is 22.8 Å². The molecule has 0 aliphatic heterocycles. The van der Waals surface area contributed by atoms with Crippen molar-refractivity contribution in [2.75, 3.05) is 18.2 Å². The van der Waals surface area contributed by atoms with Crippen molar-refractivity contribution in [2.24, 2.45) is 5.73 Å². The Morgan fingerprint density at radius 3 is 2.61 bits per heavy atom. The van der Waals surface area contributed by atoms with Crippen LogP contribution in [0.3, 0.4) is 0 Å². The molecule has 0 atom stereocenters. The lowest BCUT2D eigenvalue weighted by Crippen LogP contribution is -2.18. The Morgan fingerprint density at radius 2 is 1.91 bits per heavy atom. The average molecular weight is 484 g/mol. The SMILES string of the molecule is COc1ccc(-c2nnc(SCC(=O)Nc3sccc3C(N)=O)n2-c2ccccc2F)cc1. The standard InChI is InChI=1S/C22H18FN5O3S2/c1-31-14-8-6-13(7-9-14)20-26-27-22(28(20)17-5-3-2-4-16(17)23)33-12-18(29)25-21-15(19(24)30)10-11-32-21/h2-11H,12H2,1H3,(H2,24,30)(H,25,29). The van der Waals surface area contributed by atoms with Gasteiger partial charge in [0.05, 0.1) is 24.1 Å². The molecule has 0 bridgehead atoms. The third-order valence-electron chi connectivity index (χ3n) is 4.59. The highest BCUT2D eigenvalue weighted by molar-refractivity contribution is 7.99. The van der Waals surface area contributed by atoms with Gasteiger partial charge in [0, 0.05) is 5.56 Å². The van der Waals surface area contributed by atoms with Crippen LogP contribution in [0.1, 0.15) is 10.4 Å². The normalized spacial score (nSPS) is 10.7. The molecule has 0 unspecified atom stereocenters. The molecule has 2 heterocycles. The van der Waals surface area contributed by atoms with Crippen LogP contribution in [0.25, 0.3) is 17.1 Å². The van der Waals surface area contributed by atoms with Crippen LogP contribution in [-0.2, 0) is 4.79 Å². The minimum absolute atomic E-state index is 0.0364. The van der Waals surface area contributed by atoms with Crippen molar-refractivity contribution in [1.82, 2.24) is 14.8 Å². The second-order valence-electron chi connectivity index (χ2n) is 6.69. The Bertz CT molecular complexity index is 1300. The predicted octanol–water partition coefficient (Wildman–Crippen LogP) is 3.97. The number of para-hydroxylation sites is 1. The van der Waals surface area contributed by atoms with Crippen LogP contribution in [0, 0.1) is 5.82 Å². The summed E-state index contributed by atoms with van der Waals surface area (Å²) in [6.07, 6.45) is 0. The molecule has 0 saturated heterocycles. The number of benzene rings is 2. The van der Waals surface area contributed by atoms with Crippen LogP contribution < -0.4 is 15.8 Å². The molecule has 2 aromatic heterocycles. The summed E-state index contributed by atoms with van der Waals surface area (Å²) >= 11 is 2.29. The fraction of sp³-hybridized carbons (Fsp3) is 0.0909. The minimum Gasteiger partial charge on any atom is -0.497 e. The number of carbonyl (C=O) groups excluding carboxylic acids is 2. The maximum atomic E-state index is 14.7. The van der Waals surface area contributed by atoms with Gasteiger partial charge in [0.15, 0.2) is 11.0 Å². The molecule has 2 aromatic carbocycles. The maximum absolute atomic E-state index is 14.7. The van der Waals surface area contributed by atoms with E-state index in [-0.39, 0.29) is 22.9 Å². The number of thioether (sulfide) groups is 1. The highest BCUT2D eigenvalue weighted by Gasteiger charge is 2.20. The number of aromatic nitrogens is 3. The molecule has 4 aromatic rings. The average Bonchev–Trinajstić information content (AvgIpc) is 3.45. The molecule has 168 valence electrons. The summed E-state index contributed by atoms with van der Waals surface area (Å²) in [4.78, 5) is 24.0. The van der Waals surface area contributed by atoms with E-state index in [0.29, 0.717) is 27.3 Å². The summed E-state index contributed by atoms with van der Waals surface area (Å²) in [6, 6.07) is 14.9. The van der Waals surface area contributed by atoms with Gasteiger partial charge in [-0.1, -0.05) is 23.9 Å². The molecule has 11 heteroatoms.